The monoisotopic (exact) mass is 393 g/mol. The molecule has 29 heavy (non-hydrogen) atoms. The van der Waals surface area contributed by atoms with Crippen LogP contribution in [0.3, 0.4) is 0 Å². The molecule has 2 N–H and O–H groups in total. The average Bonchev–Trinajstić information content (AvgIpc) is 3.19. The lowest BCUT2D eigenvalue weighted by Gasteiger charge is -2.58. The van der Waals surface area contributed by atoms with E-state index in [-0.39, 0.29) is 5.91 Å². The number of rotatable bonds is 3. The molecule has 0 aromatic carbocycles. The number of nitrogens with zero attached hydrogens (tertiary/aromatic N) is 2. The number of hydrogen-bond donors (Lipinski definition) is 2. The summed E-state index contributed by atoms with van der Waals surface area (Å²) in [5.74, 6) is 1.84. The fourth-order valence-electron chi connectivity index (χ4n) is 7.17. The molecule has 4 bridgehead atoms. The van der Waals surface area contributed by atoms with Crippen LogP contribution in [0.25, 0.3) is 6.08 Å². The van der Waals surface area contributed by atoms with Crippen molar-refractivity contribution in [3.63, 3.8) is 0 Å². The van der Waals surface area contributed by atoms with Gasteiger partial charge in [0.25, 0.3) is 5.91 Å². The Balaban J connectivity index is 1.34. The number of piperidine rings is 1. The summed E-state index contributed by atoms with van der Waals surface area (Å²) in [7, 11) is 0. The highest BCUT2D eigenvalue weighted by atomic mass is 16.3. The molecule has 5 nitrogen and oxygen atoms in total. The number of pyridine rings is 1. The maximum atomic E-state index is 13.4. The number of carbonyl (C=O) groups is 1. The van der Waals surface area contributed by atoms with E-state index < -0.39 is 5.60 Å². The van der Waals surface area contributed by atoms with Crippen LogP contribution in [0.5, 0.6) is 0 Å². The lowest BCUT2D eigenvalue weighted by atomic mass is 9.52. The van der Waals surface area contributed by atoms with Gasteiger partial charge in [-0.15, -0.1) is 0 Å². The lowest BCUT2D eigenvalue weighted by molar-refractivity contribution is -0.129. The van der Waals surface area contributed by atoms with E-state index in [1.165, 1.54) is 19.3 Å². The molecule has 5 fully saturated rings. The summed E-state index contributed by atoms with van der Waals surface area (Å²) in [6, 6.07) is 0.361. The standard InChI is InChI=1S/C24H31N3O2/c28-23(27-7-2-1-3-8-27)19-14-25-20-6-4-5-18(20)22(19)26-21-16-9-15-10-17(21)13-24(29,11-15)12-16/h4-5,14-17,21,29H,1-3,6-13H2,(H,25,26)/t15?,16-,17+,21?,24?. The second kappa shape index (κ2) is 6.56. The number of hydrogen-bond acceptors (Lipinski definition) is 4. The van der Waals surface area contributed by atoms with Gasteiger partial charge in [0, 0.05) is 37.3 Å². The predicted molar refractivity (Wildman–Crippen MR) is 113 cm³/mol. The molecule has 1 aromatic rings. The maximum Gasteiger partial charge on any atom is 0.257 e. The third kappa shape index (κ3) is 2.92. The summed E-state index contributed by atoms with van der Waals surface area (Å²) in [5, 5.41) is 14.8. The first-order valence-corrected chi connectivity index (χ1v) is 11.6. The Bertz CT molecular complexity index is 857. The highest BCUT2D eigenvalue weighted by molar-refractivity contribution is 6.01. The maximum absolute atomic E-state index is 13.4. The van der Waals surface area contributed by atoms with Crippen molar-refractivity contribution in [3.05, 3.63) is 29.1 Å². The number of likely N-dealkylation sites (tertiary alicyclic amines) is 1. The van der Waals surface area contributed by atoms with Crippen LogP contribution in [0.2, 0.25) is 0 Å². The fraction of sp³-hybridized carbons (Fsp3) is 0.667. The zero-order chi connectivity index (χ0) is 19.6. The quantitative estimate of drug-likeness (QED) is 0.823. The van der Waals surface area contributed by atoms with Crippen molar-refractivity contribution < 1.29 is 9.90 Å². The SMILES string of the molecule is O=C(c1cnc2c(c1NC1[C@@H]3CC4C[C@H]1CC(O)(C4)C3)C=CC2)N1CCCCC1. The van der Waals surface area contributed by atoms with Gasteiger partial charge in [-0.05, 0) is 69.1 Å². The van der Waals surface area contributed by atoms with Gasteiger partial charge in [0.15, 0.2) is 0 Å². The van der Waals surface area contributed by atoms with Crippen molar-refractivity contribution in [2.75, 3.05) is 18.4 Å². The van der Waals surface area contributed by atoms with Gasteiger partial charge < -0.3 is 15.3 Å². The molecule has 5 aliphatic carbocycles. The smallest absolute Gasteiger partial charge is 0.257 e. The molecule has 5 atom stereocenters. The summed E-state index contributed by atoms with van der Waals surface area (Å²) >= 11 is 0. The third-order valence-electron chi connectivity index (χ3n) is 8.22. The first-order valence-electron chi connectivity index (χ1n) is 11.6. The Morgan fingerprint density at radius 2 is 1.90 bits per heavy atom. The van der Waals surface area contributed by atoms with Crippen LogP contribution in [0.4, 0.5) is 5.69 Å². The van der Waals surface area contributed by atoms with Gasteiger partial charge >= 0.3 is 0 Å². The first-order chi connectivity index (χ1) is 14.1. The number of nitrogens with one attached hydrogen (secondary N) is 1. The van der Waals surface area contributed by atoms with E-state index >= 15 is 0 Å². The number of amides is 1. The summed E-state index contributed by atoms with van der Waals surface area (Å²) in [6.07, 6.45) is 15.6. The summed E-state index contributed by atoms with van der Waals surface area (Å²) in [5.41, 5.74) is 3.50. The van der Waals surface area contributed by atoms with Gasteiger partial charge in [-0.3, -0.25) is 9.78 Å². The Hall–Kier alpha value is -1.88. The van der Waals surface area contributed by atoms with E-state index in [9.17, 15) is 9.90 Å². The van der Waals surface area contributed by atoms with Crippen molar-refractivity contribution in [3.8, 4) is 0 Å². The van der Waals surface area contributed by atoms with E-state index in [0.29, 0.717) is 23.8 Å². The van der Waals surface area contributed by atoms with Gasteiger partial charge in [0.2, 0.25) is 0 Å². The van der Waals surface area contributed by atoms with Gasteiger partial charge in [-0.1, -0.05) is 12.2 Å². The van der Waals surface area contributed by atoms with Crippen molar-refractivity contribution >= 4 is 17.7 Å². The summed E-state index contributed by atoms with van der Waals surface area (Å²) < 4.78 is 0. The zero-order valence-electron chi connectivity index (χ0n) is 17.1. The molecular weight excluding hydrogens is 362 g/mol. The van der Waals surface area contributed by atoms with Crippen LogP contribution >= 0.6 is 0 Å². The molecule has 0 radical (unpaired) electrons. The fourth-order valence-corrected chi connectivity index (χ4v) is 7.17. The normalized spacial score (nSPS) is 37.1. The number of carbonyl (C=O) groups excluding carboxylic acids is 1. The van der Waals surface area contributed by atoms with Crippen LogP contribution in [-0.2, 0) is 6.42 Å². The minimum Gasteiger partial charge on any atom is -0.390 e. The second-order valence-electron chi connectivity index (χ2n) is 10.2. The summed E-state index contributed by atoms with van der Waals surface area (Å²) in [4.78, 5) is 20.1. The highest BCUT2D eigenvalue weighted by Crippen LogP contribution is 2.56. The zero-order valence-corrected chi connectivity index (χ0v) is 17.1. The Kier molecular flexibility index (Phi) is 4.06. The molecule has 1 aromatic heterocycles. The molecule has 0 spiro atoms. The van der Waals surface area contributed by atoms with Crippen LogP contribution in [-0.4, -0.2) is 45.6 Å². The van der Waals surface area contributed by atoms with E-state index in [2.05, 4.69) is 22.5 Å². The van der Waals surface area contributed by atoms with Crippen LogP contribution < -0.4 is 5.32 Å². The molecule has 6 aliphatic rings. The Morgan fingerprint density at radius 3 is 2.62 bits per heavy atom. The minimum atomic E-state index is -0.429. The molecule has 1 aliphatic heterocycles. The number of fused-ring (bicyclic) bond motifs is 1. The number of anilines is 1. The number of aromatic nitrogens is 1. The molecule has 2 heterocycles. The van der Waals surface area contributed by atoms with Crippen molar-refractivity contribution in [1.82, 2.24) is 9.88 Å². The predicted octanol–water partition coefficient (Wildman–Crippen LogP) is 3.63. The van der Waals surface area contributed by atoms with Crippen LogP contribution in [0.1, 0.15) is 73.0 Å². The molecule has 1 amide bonds. The molecule has 7 rings (SSSR count). The van der Waals surface area contributed by atoms with Crippen molar-refractivity contribution in [1.29, 1.82) is 0 Å². The third-order valence-corrected chi connectivity index (χ3v) is 8.22. The number of aliphatic hydroxyl groups is 1. The van der Waals surface area contributed by atoms with Gasteiger partial charge in [-0.2, -0.15) is 0 Å². The van der Waals surface area contributed by atoms with Crippen LogP contribution in [0.15, 0.2) is 12.3 Å². The second-order valence-corrected chi connectivity index (χ2v) is 10.2. The summed E-state index contributed by atoms with van der Waals surface area (Å²) in [6.45, 7) is 1.71. The van der Waals surface area contributed by atoms with E-state index in [1.54, 1.807) is 0 Å². The first kappa shape index (κ1) is 17.9. The molecule has 154 valence electrons. The molecular formula is C24H31N3O2. The van der Waals surface area contributed by atoms with Crippen molar-refractivity contribution in [2.24, 2.45) is 17.8 Å². The largest absolute Gasteiger partial charge is 0.390 e. The Morgan fingerprint density at radius 1 is 1.14 bits per heavy atom. The average molecular weight is 394 g/mol. The highest BCUT2D eigenvalue weighted by Gasteiger charge is 2.55. The topological polar surface area (TPSA) is 65.5 Å². The number of allylic oxidation sites excluding steroid dienone is 1. The molecule has 4 saturated carbocycles. The van der Waals surface area contributed by atoms with Crippen molar-refractivity contribution in [2.45, 2.75) is 69.4 Å². The minimum absolute atomic E-state index is 0.130. The van der Waals surface area contributed by atoms with Gasteiger partial charge in [-0.25, -0.2) is 0 Å². The lowest BCUT2D eigenvalue weighted by Crippen LogP contribution is -2.59. The van der Waals surface area contributed by atoms with Crippen LogP contribution in [0, 0.1) is 17.8 Å². The molecule has 3 unspecified atom stereocenters. The van der Waals surface area contributed by atoms with E-state index in [0.717, 1.165) is 74.1 Å². The van der Waals surface area contributed by atoms with E-state index in [1.807, 2.05) is 11.1 Å². The Labute approximate surface area is 172 Å². The van der Waals surface area contributed by atoms with Gasteiger partial charge in [0.05, 0.1) is 22.5 Å². The molecule has 1 saturated heterocycles. The van der Waals surface area contributed by atoms with Gasteiger partial charge in [0.1, 0.15) is 0 Å². The molecule has 5 heteroatoms. The van der Waals surface area contributed by atoms with E-state index in [4.69, 9.17) is 0 Å².